The molecule has 478 valence electrons. The zero-order valence-corrected chi connectivity index (χ0v) is 57.1. The van der Waals surface area contributed by atoms with Crippen molar-refractivity contribution in [3.05, 3.63) is 244 Å². The first-order valence-electron chi connectivity index (χ1n) is 32.8. The van der Waals surface area contributed by atoms with Gasteiger partial charge in [0.05, 0.1) is 21.8 Å². The molecule has 0 saturated carbocycles. The molecule has 93 heavy (non-hydrogen) atoms. The van der Waals surface area contributed by atoms with Crippen LogP contribution < -0.4 is 25.7 Å². The molecule has 13 rings (SSSR count). The van der Waals surface area contributed by atoms with Crippen LogP contribution in [0.4, 0.5) is 22.7 Å². The Morgan fingerprint density at radius 2 is 1.15 bits per heavy atom. The average Bonchev–Trinajstić information content (AvgIpc) is 1.64. The average molecular weight is 1240 g/mol. The standard InChI is InChI=1S/C35H47N2.C24H25N3.C24H20O5/c1-33(2,3)25-17-10-18-26-37-30-22-16-14-20-28(30)35(6,7)32(37)24-12-9-11-23-31-34(4,5)27-19-13-15-21-29(27)36(31)8;1-24(2,3)16-7-5-15(6-8-16)23-21-13-17(25)9-11-19(21)20-12-10-18(26)14-22(20)27(23)4;1-23(2,3)13-4-7-17-16(10-13)22(27)29-24(17)18-8-5-14(25)11-20(18)28-21-12-15(26)6-9-19(21)24/h9,11-16,19-24H,10,17-18,25-26H2,1-8H3;5-14,26H,25H2,1-4H3;4-12,25-26H,1-3H3/q+1;;/p+1. The Bertz CT molecular complexity index is 4470. The quantitative estimate of drug-likeness (QED) is 0.0280. The molecule has 9 aromatic rings. The number of nitrogens with zero attached hydrogens (tertiary/aromatic N) is 3. The maximum absolute atomic E-state index is 13.0. The number of aryl methyl sites for hydroxylation is 1. The monoisotopic (exact) mass is 1240 g/mol. The third-order valence-corrected chi connectivity index (χ3v) is 19.3. The number of carbonyl (C=O) groups is 1. The van der Waals surface area contributed by atoms with Crippen molar-refractivity contribution in [2.45, 2.75) is 143 Å². The number of benzene rings is 8. The molecule has 0 fully saturated rings. The second-order valence-electron chi connectivity index (χ2n) is 29.9. The molecule has 4 aliphatic rings. The highest BCUT2D eigenvalue weighted by molar-refractivity contribution is 6.10. The number of hydrogen-bond donors (Lipinski definition) is 4. The van der Waals surface area contributed by atoms with Crippen LogP contribution in [0.3, 0.4) is 0 Å². The van der Waals surface area contributed by atoms with Gasteiger partial charge in [-0.15, -0.1) is 0 Å². The van der Waals surface area contributed by atoms with Gasteiger partial charge in [-0.3, -0.25) is 0 Å². The predicted octanol–water partition coefficient (Wildman–Crippen LogP) is 19.0. The number of phenols is 2. The summed E-state index contributed by atoms with van der Waals surface area (Å²) in [5, 5.41) is 23.4. The summed E-state index contributed by atoms with van der Waals surface area (Å²) in [5.41, 5.74) is 29.5. The largest absolute Gasteiger partial charge is 0.508 e. The topological polar surface area (TPSA) is 138 Å². The number of anilines is 3. The lowest BCUT2D eigenvalue weighted by atomic mass is 9.76. The lowest BCUT2D eigenvalue weighted by Crippen LogP contribution is -2.32. The van der Waals surface area contributed by atoms with Crippen molar-refractivity contribution >= 4 is 56.1 Å². The number of carbonyl (C=O) groups excluding carboxylic acids is 1. The first-order valence-corrected chi connectivity index (χ1v) is 32.8. The number of ether oxygens (including phenoxy) is 2. The van der Waals surface area contributed by atoms with E-state index in [0.29, 0.717) is 33.6 Å². The summed E-state index contributed by atoms with van der Waals surface area (Å²) in [4.78, 5) is 15.6. The molecule has 10 nitrogen and oxygen atoms in total. The van der Waals surface area contributed by atoms with Crippen LogP contribution in [0.1, 0.15) is 165 Å². The van der Waals surface area contributed by atoms with Gasteiger partial charge in [-0.25, -0.2) is 4.79 Å². The van der Waals surface area contributed by atoms with Gasteiger partial charge in [0.2, 0.25) is 16.9 Å². The number of rotatable bonds is 9. The summed E-state index contributed by atoms with van der Waals surface area (Å²) < 4.78 is 16.6. The fourth-order valence-electron chi connectivity index (χ4n) is 14.1. The molecule has 0 radical (unpaired) electrons. The lowest BCUT2D eigenvalue weighted by molar-refractivity contribution is -0.632. The first kappa shape index (κ1) is 65.1. The van der Waals surface area contributed by atoms with Crippen molar-refractivity contribution in [3.63, 3.8) is 0 Å². The number of para-hydroxylation sites is 2. The van der Waals surface area contributed by atoms with E-state index >= 15 is 0 Å². The predicted molar refractivity (Wildman–Crippen MR) is 384 cm³/mol. The molecule has 0 saturated heterocycles. The third-order valence-electron chi connectivity index (χ3n) is 19.3. The SMILES string of the molecule is CC(C)(C)c1ccc2c(c1)C(=O)OC21c2ccc(O)cc2Oc2cc(O)ccc21.C[N+]1=C(/C=C/C=C/C=C2\N(CCCCCC(C)(C)C)c3ccccc3C2(C)C)C(C)(C)c2ccccc21.C[n+]1c(-c2ccc(C(C)(C)C)cc2)c2cc(N)ccc2c2ccc(N)cc21. The Labute approximate surface area is 550 Å². The number of aromatic nitrogens is 1. The second-order valence-corrected chi connectivity index (χ2v) is 29.9. The Morgan fingerprint density at radius 1 is 0.559 bits per heavy atom. The van der Waals surface area contributed by atoms with Crippen LogP contribution in [0.15, 0.2) is 200 Å². The zero-order valence-electron chi connectivity index (χ0n) is 57.1. The second kappa shape index (κ2) is 24.6. The van der Waals surface area contributed by atoms with Gasteiger partial charge in [0.1, 0.15) is 37.1 Å². The molecule has 4 aliphatic heterocycles. The van der Waals surface area contributed by atoms with Gasteiger partial charge in [-0.2, -0.15) is 9.14 Å². The molecular formula is C83H93N5O5+2. The Hall–Kier alpha value is -9.41. The van der Waals surface area contributed by atoms with Crippen molar-refractivity contribution in [2.24, 2.45) is 12.5 Å². The van der Waals surface area contributed by atoms with E-state index < -0.39 is 11.6 Å². The number of nitrogens with two attached hydrogens (primary N) is 2. The minimum atomic E-state index is -1.20. The Balaban J connectivity index is 0.000000145. The van der Waals surface area contributed by atoms with Crippen LogP contribution in [-0.2, 0) is 39.0 Å². The number of esters is 1. The van der Waals surface area contributed by atoms with Crippen LogP contribution in [0, 0.1) is 5.41 Å². The van der Waals surface area contributed by atoms with Gasteiger partial charge >= 0.3 is 5.97 Å². The first-order chi connectivity index (χ1) is 43.9. The Kier molecular flexibility index (Phi) is 17.2. The van der Waals surface area contributed by atoms with E-state index in [0.717, 1.165) is 45.6 Å². The van der Waals surface area contributed by atoms with Crippen molar-refractivity contribution in [1.29, 1.82) is 0 Å². The number of hydrogen-bond acceptors (Lipinski definition) is 8. The van der Waals surface area contributed by atoms with E-state index in [1.165, 1.54) is 93.6 Å². The highest BCUT2D eigenvalue weighted by Gasteiger charge is 2.54. The van der Waals surface area contributed by atoms with Crippen molar-refractivity contribution in [2.75, 3.05) is 30.0 Å². The molecule has 10 heteroatoms. The van der Waals surface area contributed by atoms with Crippen LogP contribution in [-0.4, -0.2) is 40.1 Å². The molecular weight excluding hydrogens is 1150 g/mol. The van der Waals surface area contributed by atoms with Crippen molar-refractivity contribution < 1.29 is 33.6 Å². The molecule has 0 aliphatic carbocycles. The zero-order chi connectivity index (χ0) is 66.7. The molecule has 0 amide bonds. The summed E-state index contributed by atoms with van der Waals surface area (Å²) in [7, 11) is 4.27. The van der Waals surface area contributed by atoms with Gasteiger partial charge in [-0.1, -0.05) is 174 Å². The maximum atomic E-state index is 13.0. The molecule has 0 unspecified atom stereocenters. The number of aromatic hydroxyl groups is 2. The van der Waals surface area contributed by atoms with Crippen LogP contribution in [0.2, 0.25) is 0 Å². The molecule has 5 heterocycles. The lowest BCUT2D eigenvalue weighted by Gasteiger charge is -2.36. The molecule has 0 atom stereocenters. The molecule has 8 aromatic carbocycles. The van der Waals surface area contributed by atoms with Crippen LogP contribution in [0.25, 0.3) is 32.9 Å². The number of allylic oxidation sites excluding steroid dienone is 6. The fraction of sp³-hybridized carbons (Fsp3) is 0.313. The van der Waals surface area contributed by atoms with E-state index in [9.17, 15) is 15.0 Å². The van der Waals surface area contributed by atoms with E-state index in [4.69, 9.17) is 20.9 Å². The number of fused-ring (bicyclic) bond motifs is 11. The normalized spacial score (nSPS) is 16.2. The van der Waals surface area contributed by atoms with Gasteiger partial charge in [0.25, 0.3) is 0 Å². The van der Waals surface area contributed by atoms with Crippen molar-refractivity contribution in [3.8, 4) is 34.3 Å². The maximum Gasteiger partial charge on any atom is 0.340 e. The highest BCUT2D eigenvalue weighted by atomic mass is 16.6. The van der Waals surface area contributed by atoms with Gasteiger partial charge in [-0.05, 0) is 138 Å². The van der Waals surface area contributed by atoms with Crippen LogP contribution in [0.5, 0.6) is 23.0 Å². The minimum Gasteiger partial charge on any atom is -0.508 e. The third kappa shape index (κ3) is 12.4. The number of pyridine rings is 1. The van der Waals surface area contributed by atoms with Gasteiger partial charge < -0.3 is 36.1 Å². The summed E-state index contributed by atoms with van der Waals surface area (Å²) in [6.07, 6.45) is 16.3. The van der Waals surface area contributed by atoms with Crippen molar-refractivity contribution in [1.82, 2.24) is 0 Å². The number of unbranched alkanes of at least 4 members (excludes halogenated alkanes) is 2. The summed E-state index contributed by atoms with van der Waals surface area (Å²) in [6, 6.07) is 54.1. The molecule has 1 spiro atoms. The van der Waals surface area contributed by atoms with E-state index in [-0.39, 0.29) is 33.2 Å². The van der Waals surface area contributed by atoms with Gasteiger partial charge in [0, 0.05) is 98.3 Å². The highest BCUT2D eigenvalue weighted by Crippen LogP contribution is 2.57. The summed E-state index contributed by atoms with van der Waals surface area (Å²) >= 11 is 0. The summed E-state index contributed by atoms with van der Waals surface area (Å²) in [5.74, 6) is 0.420. The number of nitrogen functional groups attached to an aromatic ring is 2. The minimum absolute atomic E-state index is 0.000112. The Morgan fingerprint density at radius 3 is 1.78 bits per heavy atom. The summed E-state index contributed by atoms with van der Waals surface area (Å²) in [6.45, 7) is 30.5. The fourth-order valence-corrected chi connectivity index (χ4v) is 14.1. The molecule has 6 N–H and O–H groups in total. The number of phenolic OH excluding ortho intramolecular Hbond substituents is 2. The van der Waals surface area contributed by atoms with E-state index in [1.807, 2.05) is 36.4 Å². The van der Waals surface area contributed by atoms with E-state index in [1.54, 1.807) is 24.3 Å². The molecule has 0 bridgehead atoms. The van der Waals surface area contributed by atoms with E-state index in [2.05, 4.69) is 240 Å². The van der Waals surface area contributed by atoms with Crippen LogP contribution >= 0.6 is 0 Å². The molecule has 1 aromatic heterocycles. The van der Waals surface area contributed by atoms with Gasteiger partial charge in [0.15, 0.2) is 11.3 Å². The smallest absolute Gasteiger partial charge is 0.340 e.